The normalized spacial score (nSPS) is 11.0. The van der Waals surface area contributed by atoms with Crippen molar-refractivity contribution in [3.8, 4) is 10.6 Å². The second-order valence-corrected chi connectivity index (χ2v) is 4.90. The van der Waals surface area contributed by atoms with Crippen LogP contribution in [0.4, 0.5) is 14.5 Å². The molecule has 0 aliphatic rings. The summed E-state index contributed by atoms with van der Waals surface area (Å²) in [4.78, 5) is 4.29. The lowest BCUT2D eigenvalue weighted by atomic mass is 10.2. The summed E-state index contributed by atoms with van der Waals surface area (Å²) in [7, 11) is 0. The van der Waals surface area contributed by atoms with Crippen LogP contribution in [0.5, 0.6) is 0 Å². The van der Waals surface area contributed by atoms with E-state index in [1.165, 1.54) is 35.6 Å². The van der Waals surface area contributed by atoms with Crippen molar-refractivity contribution in [2.24, 2.45) is 0 Å². The van der Waals surface area contributed by atoms with Crippen molar-refractivity contribution in [1.29, 1.82) is 0 Å². The van der Waals surface area contributed by atoms with Crippen molar-refractivity contribution in [2.45, 2.75) is 0 Å². The van der Waals surface area contributed by atoms with E-state index in [-0.39, 0.29) is 11.5 Å². The van der Waals surface area contributed by atoms with Gasteiger partial charge in [-0.2, -0.15) is 0 Å². The highest BCUT2D eigenvalue weighted by Crippen LogP contribution is 2.31. The predicted octanol–water partition coefficient (Wildman–Crippen LogP) is 3.82. The first-order valence-electron chi connectivity index (χ1n) is 5.25. The molecule has 0 aliphatic heterocycles. The predicted molar refractivity (Wildman–Crippen MR) is 69.4 cm³/mol. The molecular weight excluding hydrogens is 254 g/mol. The van der Waals surface area contributed by atoms with Gasteiger partial charge >= 0.3 is 0 Å². The first-order valence-corrected chi connectivity index (χ1v) is 6.06. The van der Waals surface area contributed by atoms with Gasteiger partial charge in [0.1, 0.15) is 16.6 Å². The fourth-order valence-corrected chi connectivity index (χ4v) is 2.63. The van der Waals surface area contributed by atoms with E-state index in [9.17, 15) is 8.78 Å². The van der Waals surface area contributed by atoms with Gasteiger partial charge in [-0.3, -0.25) is 0 Å². The fraction of sp³-hybridized carbons (Fsp3) is 0. The molecule has 0 saturated carbocycles. The highest BCUT2D eigenvalue weighted by atomic mass is 32.1. The van der Waals surface area contributed by atoms with Crippen molar-refractivity contribution < 1.29 is 8.78 Å². The van der Waals surface area contributed by atoms with Crippen LogP contribution in [0.25, 0.3) is 20.8 Å². The maximum atomic E-state index is 13.4. The van der Waals surface area contributed by atoms with Crippen LogP contribution in [0, 0.1) is 11.6 Å². The Bertz CT molecular complexity index is 737. The number of nitrogens with two attached hydrogens (primary N) is 1. The van der Waals surface area contributed by atoms with Crippen LogP contribution in [0.2, 0.25) is 0 Å². The topological polar surface area (TPSA) is 38.9 Å². The van der Waals surface area contributed by atoms with E-state index in [0.29, 0.717) is 16.1 Å². The van der Waals surface area contributed by atoms with Gasteiger partial charge in [0, 0.05) is 11.6 Å². The third-order valence-corrected chi connectivity index (χ3v) is 3.68. The highest BCUT2D eigenvalue weighted by molar-refractivity contribution is 7.21. The molecule has 0 radical (unpaired) electrons. The second kappa shape index (κ2) is 4.03. The van der Waals surface area contributed by atoms with E-state index in [2.05, 4.69) is 4.98 Å². The van der Waals surface area contributed by atoms with Crippen molar-refractivity contribution in [2.75, 3.05) is 5.73 Å². The standard InChI is InChI=1S/C13H8F2N2S/c14-8-2-4-12-11(6-8)17-13(18-12)7-1-3-10(16)9(15)5-7/h1-6H,16H2. The van der Waals surface area contributed by atoms with E-state index in [1.807, 2.05) is 0 Å². The van der Waals surface area contributed by atoms with Gasteiger partial charge in [-0.15, -0.1) is 11.3 Å². The molecule has 2 nitrogen and oxygen atoms in total. The minimum absolute atomic E-state index is 0.103. The Hall–Kier alpha value is -2.01. The SMILES string of the molecule is Nc1ccc(-c2nc3cc(F)ccc3s2)cc1F. The number of hydrogen-bond donors (Lipinski definition) is 1. The first-order chi connectivity index (χ1) is 8.63. The summed E-state index contributed by atoms with van der Waals surface area (Å²) in [5.74, 6) is -0.805. The molecule has 3 rings (SSSR count). The first kappa shape index (κ1) is 11.1. The van der Waals surface area contributed by atoms with Crippen molar-refractivity contribution in [1.82, 2.24) is 4.98 Å². The third kappa shape index (κ3) is 1.82. The van der Waals surface area contributed by atoms with Crippen LogP contribution < -0.4 is 5.73 Å². The summed E-state index contributed by atoms with van der Waals surface area (Å²) in [5.41, 5.74) is 6.74. The smallest absolute Gasteiger partial charge is 0.146 e. The zero-order chi connectivity index (χ0) is 12.7. The molecule has 0 atom stereocenters. The van der Waals surface area contributed by atoms with E-state index in [0.717, 1.165) is 4.70 Å². The zero-order valence-electron chi connectivity index (χ0n) is 9.15. The van der Waals surface area contributed by atoms with E-state index in [1.54, 1.807) is 12.1 Å². The van der Waals surface area contributed by atoms with Gasteiger partial charge in [0.05, 0.1) is 15.9 Å². The Kier molecular flexibility index (Phi) is 2.48. The monoisotopic (exact) mass is 262 g/mol. The van der Waals surface area contributed by atoms with Crippen LogP contribution in [-0.4, -0.2) is 4.98 Å². The molecule has 0 fully saturated rings. The number of nitrogens with zero attached hydrogens (tertiary/aromatic N) is 1. The molecule has 3 aromatic rings. The van der Waals surface area contributed by atoms with Gasteiger partial charge in [-0.1, -0.05) is 0 Å². The highest BCUT2D eigenvalue weighted by Gasteiger charge is 2.09. The molecule has 0 spiro atoms. The Morgan fingerprint density at radius 3 is 2.67 bits per heavy atom. The Morgan fingerprint density at radius 2 is 1.89 bits per heavy atom. The molecule has 5 heteroatoms. The molecule has 1 heterocycles. The van der Waals surface area contributed by atoms with E-state index in [4.69, 9.17) is 5.73 Å². The lowest BCUT2D eigenvalue weighted by Gasteiger charge is -1.98. The number of aromatic nitrogens is 1. The van der Waals surface area contributed by atoms with Gasteiger partial charge < -0.3 is 5.73 Å². The number of benzene rings is 2. The molecule has 0 amide bonds. The van der Waals surface area contributed by atoms with E-state index >= 15 is 0 Å². The average molecular weight is 262 g/mol. The maximum Gasteiger partial charge on any atom is 0.146 e. The molecule has 0 bridgehead atoms. The molecule has 1 aromatic heterocycles. The second-order valence-electron chi connectivity index (χ2n) is 3.87. The zero-order valence-corrected chi connectivity index (χ0v) is 9.97. The Morgan fingerprint density at radius 1 is 1.06 bits per heavy atom. The van der Waals surface area contributed by atoms with Crippen LogP contribution in [0.15, 0.2) is 36.4 Å². The summed E-state index contributed by atoms with van der Waals surface area (Å²) in [6.07, 6.45) is 0. The maximum absolute atomic E-state index is 13.4. The Labute approximate surface area is 106 Å². The molecule has 0 saturated heterocycles. The van der Waals surface area contributed by atoms with Crippen LogP contribution in [-0.2, 0) is 0 Å². The lowest BCUT2D eigenvalue weighted by molar-refractivity contribution is 0.629. The molecule has 0 aliphatic carbocycles. The fourth-order valence-electron chi connectivity index (χ4n) is 1.68. The van der Waals surface area contributed by atoms with Crippen molar-refractivity contribution in [3.05, 3.63) is 48.0 Å². The summed E-state index contributed by atoms with van der Waals surface area (Å²) < 4.78 is 27.3. The quantitative estimate of drug-likeness (QED) is 0.677. The minimum atomic E-state index is -0.474. The number of nitrogen functional groups attached to an aromatic ring is 1. The van der Waals surface area contributed by atoms with Crippen LogP contribution in [0.3, 0.4) is 0 Å². The summed E-state index contributed by atoms with van der Waals surface area (Å²) >= 11 is 1.39. The summed E-state index contributed by atoms with van der Waals surface area (Å²) in [6.45, 7) is 0. The number of hydrogen-bond acceptors (Lipinski definition) is 3. The van der Waals surface area contributed by atoms with Gasteiger partial charge in [-0.05, 0) is 30.3 Å². The van der Waals surface area contributed by atoms with E-state index < -0.39 is 5.82 Å². The van der Waals surface area contributed by atoms with Crippen molar-refractivity contribution >= 4 is 27.2 Å². The number of anilines is 1. The van der Waals surface area contributed by atoms with Crippen LogP contribution >= 0.6 is 11.3 Å². The molecule has 2 aromatic carbocycles. The van der Waals surface area contributed by atoms with Gasteiger partial charge in [0.25, 0.3) is 0 Å². The molecule has 90 valence electrons. The minimum Gasteiger partial charge on any atom is -0.396 e. The van der Waals surface area contributed by atoms with Crippen LogP contribution in [0.1, 0.15) is 0 Å². The summed E-state index contributed by atoms with van der Waals surface area (Å²) in [6, 6.07) is 8.95. The summed E-state index contributed by atoms with van der Waals surface area (Å²) in [5, 5.41) is 0.648. The molecule has 18 heavy (non-hydrogen) atoms. The number of rotatable bonds is 1. The largest absolute Gasteiger partial charge is 0.396 e. The number of fused-ring (bicyclic) bond motifs is 1. The van der Waals surface area contributed by atoms with Gasteiger partial charge in [-0.25, -0.2) is 13.8 Å². The Balaban J connectivity index is 2.16. The lowest BCUT2D eigenvalue weighted by Crippen LogP contribution is -1.90. The molecule has 2 N–H and O–H groups in total. The average Bonchev–Trinajstić information content (AvgIpc) is 2.75. The third-order valence-electron chi connectivity index (χ3n) is 2.60. The van der Waals surface area contributed by atoms with Gasteiger partial charge in [0.2, 0.25) is 0 Å². The molecule has 0 unspecified atom stereocenters. The van der Waals surface area contributed by atoms with Crippen molar-refractivity contribution in [3.63, 3.8) is 0 Å². The van der Waals surface area contributed by atoms with Gasteiger partial charge in [0.15, 0.2) is 0 Å². The molecular formula is C13H8F2N2S. The number of halogens is 2. The number of thiazole rings is 1.